The van der Waals surface area contributed by atoms with Crippen LogP contribution in [0.3, 0.4) is 0 Å². The molecule has 1 fully saturated rings. The number of benzene rings is 3. The Morgan fingerprint density at radius 3 is 2.63 bits per heavy atom. The lowest BCUT2D eigenvalue weighted by Gasteiger charge is -2.31. The molecule has 5 nitrogen and oxygen atoms in total. The minimum absolute atomic E-state index is 0.0388. The Kier molecular flexibility index (Phi) is 6.05. The summed E-state index contributed by atoms with van der Waals surface area (Å²) in [5.74, 6) is -0.302. The molecule has 1 aliphatic carbocycles. The Hall–Kier alpha value is -3.67. The van der Waals surface area contributed by atoms with Crippen molar-refractivity contribution in [2.45, 2.75) is 38.6 Å². The Morgan fingerprint density at radius 2 is 1.89 bits per heavy atom. The van der Waals surface area contributed by atoms with Gasteiger partial charge in [0.15, 0.2) is 0 Å². The maximum Gasteiger partial charge on any atom is 0.307 e. The van der Waals surface area contributed by atoms with Crippen LogP contribution in [0.4, 0.5) is 4.39 Å². The summed E-state index contributed by atoms with van der Waals surface area (Å²) >= 11 is 0. The fourth-order valence-corrected chi connectivity index (χ4v) is 5.37. The highest BCUT2D eigenvalue weighted by Gasteiger charge is 2.46. The van der Waals surface area contributed by atoms with E-state index in [0.717, 1.165) is 17.5 Å². The van der Waals surface area contributed by atoms with Gasteiger partial charge in [-0.1, -0.05) is 36.4 Å². The van der Waals surface area contributed by atoms with Crippen molar-refractivity contribution < 1.29 is 23.8 Å². The molecule has 2 unspecified atom stereocenters. The highest BCUT2D eigenvalue weighted by atomic mass is 19.1. The first-order valence-electron chi connectivity index (χ1n) is 11.9. The minimum atomic E-state index is -0.924. The van der Waals surface area contributed by atoms with Gasteiger partial charge in [-0.15, -0.1) is 0 Å². The van der Waals surface area contributed by atoms with E-state index in [4.69, 9.17) is 4.74 Å². The van der Waals surface area contributed by atoms with Gasteiger partial charge in [-0.3, -0.25) is 9.59 Å². The Labute approximate surface area is 204 Å². The van der Waals surface area contributed by atoms with Gasteiger partial charge < -0.3 is 14.7 Å². The second kappa shape index (κ2) is 9.17. The van der Waals surface area contributed by atoms with E-state index in [0.29, 0.717) is 42.0 Å². The van der Waals surface area contributed by atoms with Gasteiger partial charge in [0, 0.05) is 24.6 Å². The number of carboxylic acids is 1. The molecule has 0 aromatic heterocycles. The molecule has 0 radical (unpaired) electrons. The second-order valence-corrected chi connectivity index (χ2v) is 9.47. The average Bonchev–Trinajstić information content (AvgIpc) is 3.64. The molecule has 0 bridgehead atoms. The quantitative estimate of drug-likeness (QED) is 0.539. The molecule has 1 heterocycles. The number of fused-ring (bicyclic) bond motifs is 1. The van der Waals surface area contributed by atoms with Crippen molar-refractivity contribution in [1.82, 2.24) is 4.90 Å². The summed E-state index contributed by atoms with van der Waals surface area (Å²) in [4.78, 5) is 26.5. The predicted molar refractivity (Wildman–Crippen MR) is 131 cm³/mol. The number of carbonyl (C=O) groups is 2. The van der Waals surface area contributed by atoms with Crippen molar-refractivity contribution in [1.29, 1.82) is 0 Å². The van der Waals surface area contributed by atoms with Gasteiger partial charge in [-0.2, -0.15) is 0 Å². The lowest BCUT2D eigenvalue weighted by molar-refractivity contribution is -0.136. The third-order valence-electron chi connectivity index (χ3n) is 7.27. The number of aliphatic carboxylic acids is 1. The van der Waals surface area contributed by atoms with Gasteiger partial charge in [0.2, 0.25) is 5.91 Å². The van der Waals surface area contributed by atoms with E-state index in [9.17, 15) is 19.1 Å². The number of amides is 1. The molecule has 2 atom stereocenters. The number of hydrogen-bond donors (Lipinski definition) is 1. The van der Waals surface area contributed by atoms with Crippen molar-refractivity contribution in [3.8, 4) is 16.9 Å². The van der Waals surface area contributed by atoms with Crippen molar-refractivity contribution in [3.63, 3.8) is 0 Å². The molecule has 1 amide bonds. The number of hydrogen-bond acceptors (Lipinski definition) is 3. The van der Waals surface area contributed by atoms with Gasteiger partial charge in [-0.05, 0) is 77.3 Å². The van der Waals surface area contributed by atoms with E-state index in [1.807, 2.05) is 17.0 Å². The van der Waals surface area contributed by atoms with Crippen LogP contribution in [0.15, 0.2) is 54.6 Å². The Morgan fingerprint density at radius 1 is 1.09 bits per heavy atom. The van der Waals surface area contributed by atoms with E-state index >= 15 is 0 Å². The molecule has 0 saturated heterocycles. The third-order valence-corrected chi connectivity index (χ3v) is 7.27. The molecule has 2 aliphatic rings. The van der Waals surface area contributed by atoms with Crippen molar-refractivity contribution in [2.24, 2.45) is 5.92 Å². The molecular weight excluding hydrogens is 445 g/mol. The lowest BCUT2D eigenvalue weighted by atomic mass is 9.89. The van der Waals surface area contributed by atoms with E-state index < -0.39 is 5.97 Å². The Balaban J connectivity index is 1.46. The number of halogens is 1. The van der Waals surface area contributed by atoms with Crippen molar-refractivity contribution in [2.75, 3.05) is 13.7 Å². The highest BCUT2D eigenvalue weighted by Crippen LogP contribution is 2.50. The zero-order valence-electron chi connectivity index (χ0n) is 19.9. The molecule has 180 valence electrons. The first-order chi connectivity index (χ1) is 16.9. The number of carboxylic acid groups (broad SMARTS) is 1. The molecule has 3 aromatic rings. The summed E-state index contributed by atoms with van der Waals surface area (Å²) in [6.07, 6.45) is 1.17. The number of rotatable bonds is 6. The molecule has 1 N–H and O–H groups in total. The van der Waals surface area contributed by atoms with Gasteiger partial charge in [0.25, 0.3) is 0 Å². The number of methoxy groups -OCH3 is 1. The van der Waals surface area contributed by atoms with Crippen LogP contribution in [0.25, 0.3) is 11.1 Å². The van der Waals surface area contributed by atoms with E-state index in [-0.39, 0.29) is 30.0 Å². The monoisotopic (exact) mass is 473 g/mol. The van der Waals surface area contributed by atoms with Crippen LogP contribution >= 0.6 is 0 Å². The maximum atomic E-state index is 14.8. The smallest absolute Gasteiger partial charge is 0.307 e. The van der Waals surface area contributed by atoms with Crippen molar-refractivity contribution >= 4 is 11.9 Å². The molecule has 1 aliphatic heterocycles. The zero-order chi connectivity index (χ0) is 24.7. The molecule has 5 rings (SSSR count). The van der Waals surface area contributed by atoms with Crippen LogP contribution in [0.5, 0.6) is 5.75 Å². The standard InChI is InChI=1S/C29H28FNO4/c1-17-5-3-4-6-19(17)22-15-24(22)29(34)31-12-11-21-25(16-31)20(8-9-26(21)30)23-13-18(14-28(32)33)7-10-27(23)35-2/h3-10,13,22,24H,11-12,14-16H2,1-2H3,(H,32,33). The summed E-state index contributed by atoms with van der Waals surface area (Å²) in [5.41, 5.74) is 5.93. The van der Waals surface area contributed by atoms with Gasteiger partial charge in [0.05, 0.1) is 13.5 Å². The summed E-state index contributed by atoms with van der Waals surface area (Å²) in [5, 5.41) is 9.23. The summed E-state index contributed by atoms with van der Waals surface area (Å²) in [6.45, 7) is 2.89. The van der Waals surface area contributed by atoms with Crippen LogP contribution in [-0.2, 0) is 29.0 Å². The third kappa shape index (κ3) is 4.41. The van der Waals surface area contributed by atoms with Crippen LogP contribution in [0.1, 0.15) is 40.2 Å². The first kappa shape index (κ1) is 23.1. The highest BCUT2D eigenvalue weighted by molar-refractivity contribution is 5.84. The molecule has 35 heavy (non-hydrogen) atoms. The number of ether oxygens (including phenoxy) is 1. The van der Waals surface area contributed by atoms with Gasteiger partial charge in [0.1, 0.15) is 11.6 Å². The summed E-state index contributed by atoms with van der Waals surface area (Å²) < 4.78 is 20.4. The van der Waals surface area contributed by atoms with Crippen molar-refractivity contribution in [3.05, 3.63) is 88.2 Å². The maximum absolute atomic E-state index is 14.8. The minimum Gasteiger partial charge on any atom is -0.496 e. The normalized spacial score (nSPS) is 18.7. The molecule has 1 saturated carbocycles. The largest absolute Gasteiger partial charge is 0.496 e. The summed E-state index contributed by atoms with van der Waals surface area (Å²) in [7, 11) is 1.56. The SMILES string of the molecule is COc1ccc(CC(=O)O)cc1-c1ccc(F)c2c1CN(C(=O)C1CC1c1ccccc1C)CC2. The van der Waals surface area contributed by atoms with Crippen LogP contribution in [0.2, 0.25) is 0 Å². The average molecular weight is 474 g/mol. The molecule has 6 heteroatoms. The van der Waals surface area contributed by atoms with E-state index in [1.54, 1.807) is 31.4 Å². The van der Waals surface area contributed by atoms with Gasteiger partial charge >= 0.3 is 5.97 Å². The zero-order valence-corrected chi connectivity index (χ0v) is 19.9. The molecular formula is C29H28FNO4. The van der Waals surface area contributed by atoms with Crippen LogP contribution in [0, 0.1) is 18.7 Å². The van der Waals surface area contributed by atoms with Crippen LogP contribution in [-0.4, -0.2) is 35.5 Å². The summed E-state index contributed by atoms with van der Waals surface area (Å²) in [6, 6.07) is 16.6. The van der Waals surface area contributed by atoms with Crippen LogP contribution < -0.4 is 4.74 Å². The number of aryl methyl sites for hydroxylation is 1. The fourth-order valence-electron chi connectivity index (χ4n) is 5.37. The number of carbonyl (C=O) groups excluding carboxylic acids is 1. The van der Waals surface area contributed by atoms with Gasteiger partial charge in [-0.25, -0.2) is 4.39 Å². The van der Waals surface area contributed by atoms with E-state index in [1.165, 1.54) is 17.2 Å². The first-order valence-corrected chi connectivity index (χ1v) is 11.9. The molecule has 3 aromatic carbocycles. The molecule has 0 spiro atoms. The fraction of sp³-hybridized carbons (Fsp3) is 0.310. The second-order valence-electron chi connectivity index (χ2n) is 9.47. The van der Waals surface area contributed by atoms with E-state index in [2.05, 4.69) is 19.1 Å². The number of nitrogens with zero attached hydrogens (tertiary/aromatic N) is 1. The lowest BCUT2D eigenvalue weighted by Crippen LogP contribution is -2.37. The predicted octanol–water partition coefficient (Wildman–Crippen LogP) is 5.13. The Bertz CT molecular complexity index is 1320. The topological polar surface area (TPSA) is 66.8 Å².